The zero-order valence-electron chi connectivity index (χ0n) is 17.3. The Kier molecular flexibility index (Phi) is 4.88. The summed E-state index contributed by atoms with van der Waals surface area (Å²) in [5, 5.41) is 9.05. The molecule has 0 radical (unpaired) electrons. The Morgan fingerprint density at radius 2 is 1.89 bits per heavy atom. The lowest BCUT2D eigenvalue weighted by atomic mass is 9.95. The SMILES string of the molecule is [3H]CCC(=O)N1Cc2ccccc2-c2nnn(CCCCC)c2-c2ccccc21. The first-order chi connectivity index (χ1) is 14.2. The van der Waals surface area contributed by atoms with Crippen molar-refractivity contribution in [2.45, 2.75) is 52.6 Å². The molecule has 0 fully saturated rings. The third kappa shape index (κ3) is 3.21. The summed E-state index contributed by atoms with van der Waals surface area (Å²) in [7, 11) is 0. The van der Waals surface area contributed by atoms with Crippen LogP contribution in [0.4, 0.5) is 5.69 Å². The molecule has 0 atom stereocenters. The van der Waals surface area contributed by atoms with Gasteiger partial charge in [-0.1, -0.05) is 74.3 Å². The average Bonchev–Trinajstić information content (AvgIpc) is 3.14. The maximum Gasteiger partial charge on any atom is 0.227 e. The van der Waals surface area contributed by atoms with E-state index in [1.165, 1.54) is 0 Å². The van der Waals surface area contributed by atoms with Crippen LogP contribution in [0.25, 0.3) is 22.5 Å². The Hall–Kier alpha value is -2.95. The molecule has 0 aliphatic carbocycles. The number of benzene rings is 2. The van der Waals surface area contributed by atoms with Crippen molar-refractivity contribution < 1.29 is 6.17 Å². The minimum absolute atomic E-state index is 0.0317. The lowest BCUT2D eigenvalue weighted by molar-refractivity contribution is -0.118. The first kappa shape index (κ1) is 17.2. The molecule has 1 amide bonds. The number of para-hydroxylation sites is 1. The fraction of sp³-hybridized carbons (Fsp3) is 0.348. The van der Waals surface area contributed by atoms with E-state index in [0.717, 1.165) is 59.6 Å². The van der Waals surface area contributed by atoms with Crippen molar-refractivity contribution >= 4 is 11.6 Å². The van der Waals surface area contributed by atoms with Gasteiger partial charge in [0.15, 0.2) is 0 Å². The number of anilines is 1. The number of carbonyl (C=O) groups excluding carboxylic acids is 1. The number of aryl methyl sites for hydroxylation is 1. The van der Waals surface area contributed by atoms with Gasteiger partial charge in [0.25, 0.3) is 0 Å². The minimum Gasteiger partial charge on any atom is -0.307 e. The normalized spacial score (nSPS) is 13.0. The van der Waals surface area contributed by atoms with E-state index in [1.54, 1.807) is 0 Å². The van der Waals surface area contributed by atoms with Crippen LogP contribution in [-0.2, 0) is 17.9 Å². The Balaban J connectivity index is 1.93. The van der Waals surface area contributed by atoms with Crippen LogP contribution in [0, 0.1) is 0 Å². The fourth-order valence-corrected chi connectivity index (χ4v) is 3.84. The average molecular weight is 376 g/mol. The predicted molar refractivity (Wildman–Crippen MR) is 112 cm³/mol. The molecular weight excluding hydrogens is 348 g/mol. The van der Waals surface area contributed by atoms with E-state index in [0.29, 0.717) is 6.54 Å². The molecule has 5 nitrogen and oxygen atoms in total. The van der Waals surface area contributed by atoms with Crippen LogP contribution in [0.5, 0.6) is 0 Å². The summed E-state index contributed by atoms with van der Waals surface area (Å²) in [5.74, 6) is -0.0317. The Morgan fingerprint density at radius 3 is 2.71 bits per heavy atom. The van der Waals surface area contributed by atoms with Gasteiger partial charge >= 0.3 is 0 Å². The summed E-state index contributed by atoms with van der Waals surface area (Å²) >= 11 is 0. The van der Waals surface area contributed by atoms with E-state index in [-0.39, 0.29) is 19.2 Å². The van der Waals surface area contributed by atoms with Crippen LogP contribution >= 0.6 is 0 Å². The van der Waals surface area contributed by atoms with Crippen LogP contribution < -0.4 is 4.90 Å². The number of carbonyl (C=O) groups is 1. The molecule has 0 saturated heterocycles. The van der Waals surface area contributed by atoms with Crippen LogP contribution in [0.2, 0.25) is 0 Å². The van der Waals surface area contributed by atoms with E-state index in [1.807, 2.05) is 52.0 Å². The quantitative estimate of drug-likeness (QED) is 0.585. The van der Waals surface area contributed by atoms with Crippen molar-refractivity contribution in [3.63, 3.8) is 0 Å². The summed E-state index contributed by atoms with van der Waals surface area (Å²) in [6.45, 7) is 3.54. The molecule has 0 unspecified atom stereocenters. The summed E-state index contributed by atoms with van der Waals surface area (Å²) in [4.78, 5) is 14.8. The van der Waals surface area contributed by atoms with Gasteiger partial charge in [-0.3, -0.25) is 4.79 Å². The van der Waals surface area contributed by atoms with Gasteiger partial charge < -0.3 is 4.90 Å². The number of fused-ring (bicyclic) bond motifs is 5. The predicted octanol–water partition coefficient (Wildman–Crippen LogP) is 5.06. The molecular formula is C23H26N4O. The molecule has 4 rings (SSSR count). The summed E-state index contributed by atoms with van der Waals surface area (Å²) in [5.41, 5.74) is 5.73. The molecule has 1 aliphatic rings. The van der Waals surface area contributed by atoms with E-state index in [9.17, 15) is 4.79 Å². The largest absolute Gasteiger partial charge is 0.307 e. The number of hydrogen-bond donors (Lipinski definition) is 0. The van der Waals surface area contributed by atoms with E-state index in [2.05, 4.69) is 23.3 Å². The standard InChI is InChI=1S/C23H26N4O/c1-3-5-10-15-27-23-19-13-8-9-14-20(19)26(21(28)4-2)16-17-11-6-7-12-18(17)22(23)24-25-27/h6-9,11-14H,3-5,10,15-16H2,1-2H3/i2T. The molecule has 0 bridgehead atoms. The molecule has 0 N–H and O–H groups in total. The number of rotatable bonds is 5. The number of unbranched alkanes of at least 4 members (excludes halogenated alkanes) is 2. The maximum atomic E-state index is 12.9. The van der Waals surface area contributed by atoms with Gasteiger partial charge in [-0.25, -0.2) is 4.68 Å². The highest BCUT2D eigenvalue weighted by molar-refractivity contribution is 6.00. The van der Waals surface area contributed by atoms with Gasteiger partial charge in [-0.2, -0.15) is 0 Å². The van der Waals surface area contributed by atoms with Gasteiger partial charge in [0.2, 0.25) is 5.91 Å². The zero-order valence-corrected chi connectivity index (χ0v) is 16.3. The van der Waals surface area contributed by atoms with Gasteiger partial charge in [0, 0.05) is 25.5 Å². The van der Waals surface area contributed by atoms with Crippen molar-refractivity contribution in [3.8, 4) is 22.5 Å². The zero-order chi connectivity index (χ0) is 20.2. The molecule has 144 valence electrons. The first-order valence-electron chi connectivity index (χ1n) is 10.7. The third-order valence-electron chi connectivity index (χ3n) is 5.27. The monoisotopic (exact) mass is 376 g/mol. The van der Waals surface area contributed by atoms with Crippen LogP contribution in [0.1, 0.15) is 46.4 Å². The number of aromatic nitrogens is 3. The molecule has 28 heavy (non-hydrogen) atoms. The molecule has 2 aromatic carbocycles. The summed E-state index contributed by atoms with van der Waals surface area (Å²) < 4.78 is 9.51. The minimum atomic E-state index is -0.0317. The smallest absolute Gasteiger partial charge is 0.227 e. The first-order valence-corrected chi connectivity index (χ1v) is 9.95. The van der Waals surface area contributed by atoms with Gasteiger partial charge in [-0.05, 0) is 18.1 Å². The maximum absolute atomic E-state index is 12.9. The number of amides is 1. The third-order valence-corrected chi connectivity index (χ3v) is 5.27. The highest BCUT2D eigenvalue weighted by Crippen LogP contribution is 2.41. The van der Waals surface area contributed by atoms with Gasteiger partial charge in [0.05, 0.1) is 17.9 Å². The molecule has 3 aromatic rings. The summed E-state index contributed by atoms with van der Waals surface area (Å²) in [6.07, 6.45) is 3.53. The van der Waals surface area contributed by atoms with Gasteiger partial charge in [-0.15, -0.1) is 5.10 Å². The Labute approximate surface area is 167 Å². The van der Waals surface area contributed by atoms with E-state index >= 15 is 0 Å². The fourth-order valence-electron chi connectivity index (χ4n) is 3.84. The molecule has 5 heteroatoms. The molecule has 1 aliphatic heterocycles. The molecule has 0 saturated carbocycles. The van der Waals surface area contributed by atoms with Crippen molar-refractivity contribution in [3.05, 3.63) is 54.1 Å². The molecule has 0 spiro atoms. The van der Waals surface area contributed by atoms with Crippen LogP contribution in [0.3, 0.4) is 0 Å². The topological polar surface area (TPSA) is 51.0 Å². The van der Waals surface area contributed by atoms with E-state index in [4.69, 9.17) is 1.37 Å². The van der Waals surface area contributed by atoms with Crippen molar-refractivity contribution in [2.24, 2.45) is 0 Å². The highest BCUT2D eigenvalue weighted by atomic mass is 16.2. The number of hydrogen-bond acceptors (Lipinski definition) is 3. The lowest BCUT2D eigenvalue weighted by Gasteiger charge is -2.28. The van der Waals surface area contributed by atoms with Crippen molar-refractivity contribution in [2.75, 3.05) is 4.90 Å². The van der Waals surface area contributed by atoms with Crippen LogP contribution in [0.15, 0.2) is 48.5 Å². The van der Waals surface area contributed by atoms with Crippen molar-refractivity contribution in [1.82, 2.24) is 15.0 Å². The molecule has 1 aromatic heterocycles. The van der Waals surface area contributed by atoms with Gasteiger partial charge in [0.1, 0.15) is 5.69 Å². The Bertz CT molecular complexity index is 1010. The van der Waals surface area contributed by atoms with Crippen molar-refractivity contribution in [1.29, 1.82) is 0 Å². The number of nitrogens with zero attached hydrogens (tertiary/aromatic N) is 4. The van der Waals surface area contributed by atoms with Crippen LogP contribution in [-0.4, -0.2) is 20.9 Å². The molecule has 2 heterocycles. The highest BCUT2D eigenvalue weighted by Gasteiger charge is 2.28. The van der Waals surface area contributed by atoms with E-state index < -0.39 is 0 Å². The summed E-state index contributed by atoms with van der Waals surface area (Å²) in [6, 6.07) is 16.1. The lowest BCUT2D eigenvalue weighted by Crippen LogP contribution is -2.31. The second-order valence-corrected chi connectivity index (χ2v) is 7.12. The Morgan fingerprint density at radius 1 is 1.11 bits per heavy atom. The second-order valence-electron chi connectivity index (χ2n) is 7.12. The second kappa shape index (κ2) is 7.97.